The Morgan fingerprint density at radius 3 is 2.33 bits per heavy atom. The first kappa shape index (κ1) is 7.51. The van der Waals surface area contributed by atoms with E-state index in [2.05, 4.69) is 35.9 Å². The molecule has 6 heavy (non-hydrogen) atoms. The average molecular weight is 233 g/mol. The second kappa shape index (κ2) is 4.66. The minimum atomic E-state index is 0.349. The Labute approximate surface area is 55.1 Å². The summed E-state index contributed by atoms with van der Waals surface area (Å²) in [4.78, 5) is 0. The number of halogens is 1. The van der Waals surface area contributed by atoms with Gasteiger partial charge in [0.2, 0.25) is 0 Å². The van der Waals surface area contributed by atoms with Crippen LogP contribution in [-0.2, 0) is 7.04 Å². The van der Waals surface area contributed by atoms with E-state index in [4.69, 9.17) is 0 Å². The molecule has 0 rings (SSSR count). The maximum absolute atomic E-state index is 4.19. The van der Waals surface area contributed by atoms with Gasteiger partial charge in [0, 0.05) is 0 Å². The van der Waals surface area contributed by atoms with Crippen molar-refractivity contribution in [1.82, 2.24) is 0 Å². The van der Waals surface area contributed by atoms with Gasteiger partial charge in [-0.25, -0.2) is 0 Å². The monoisotopic (exact) mass is 233 g/mol. The fourth-order valence-corrected chi connectivity index (χ4v) is 2.37. The molecule has 0 saturated heterocycles. The SMILES string of the molecule is CCC[S-](#P)I. The molecule has 0 spiro atoms. The molecule has 0 N–H and O–H groups in total. The Balaban J connectivity index is 2.91. The Hall–Kier alpha value is 1.51. The van der Waals surface area contributed by atoms with E-state index in [-0.39, 0.29) is 0 Å². The number of hydrogen-bond donors (Lipinski definition) is 0. The third kappa shape index (κ3) is 5.51. The topological polar surface area (TPSA) is 0 Å². The molecular formula is C3H7IPS-. The van der Waals surface area contributed by atoms with E-state index in [0.29, 0.717) is 7.04 Å². The van der Waals surface area contributed by atoms with E-state index < -0.39 is 0 Å². The molecule has 0 unspecified atom stereocenters. The van der Waals surface area contributed by atoms with Crippen LogP contribution in [0.3, 0.4) is 0 Å². The summed E-state index contributed by atoms with van der Waals surface area (Å²) in [6, 6.07) is 0. The van der Waals surface area contributed by atoms with E-state index in [0.717, 1.165) is 0 Å². The minimum absolute atomic E-state index is 0.349. The molecular weight excluding hydrogens is 226 g/mol. The Morgan fingerprint density at radius 1 is 1.83 bits per heavy atom. The molecule has 0 fully saturated rings. The van der Waals surface area contributed by atoms with Crippen LogP contribution in [0, 0.1) is 0 Å². The predicted octanol–water partition coefficient (Wildman–Crippen LogP) is 2.69. The zero-order valence-corrected chi connectivity index (χ0v) is 7.52. The first-order chi connectivity index (χ1) is 2.77. The summed E-state index contributed by atoms with van der Waals surface area (Å²) >= 11 is 2.33. The van der Waals surface area contributed by atoms with Gasteiger partial charge in [-0.1, -0.05) is 0 Å². The van der Waals surface area contributed by atoms with Crippen molar-refractivity contribution in [3.05, 3.63) is 0 Å². The van der Waals surface area contributed by atoms with Crippen LogP contribution >= 0.6 is 29.0 Å². The Morgan fingerprint density at radius 2 is 2.33 bits per heavy atom. The molecule has 0 aliphatic heterocycles. The molecule has 0 saturated carbocycles. The quantitative estimate of drug-likeness (QED) is 0.371. The van der Waals surface area contributed by atoms with Crippen LogP contribution < -0.4 is 0 Å². The van der Waals surface area contributed by atoms with E-state index in [9.17, 15) is 0 Å². The summed E-state index contributed by atoms with van der Waals surface area (Å²) in [5.74, 6) is 1.25. The average Bonchev–Trinajstić information content (AvgIpc) is 1.35. The van der Waals surface area contributed by atoms with Crippen molar-refractivity contribution < 1.29 is 0 Å². The number of hydrogen-bond acceptors (Lipinski definition) is 1. The van der Waals surface area contributed by atoms with Gasteiger partial charge >= 0.3 is 55.2 Å². The molecule has 0 aromatic rings. The molecule has 0 radical (unpaired) electrons. The van der Waals surface area contributed by atoms with Gasteiger partial charge in [-0.2, -0.15) is 0 Å². The molecule has 3 heteroatoms. The van der Waals surface area contributed by atoms with Gasteiger partial charge in [0.1, 0.15) is 0 Å². The van der Waals surface area contributed by atoms with Gasteiger partial charge in [0.15, 0.2) is 0 Å². The first-order valence-electron chi connectivity index (χ1n) is 1.83. The summed E-state index contributed by atoms with van der Waals surface area (Å²) < 4.78 is 0. The Bertz CT molecular complexity index is 82.5. The van der Waals surface area contributed by atoms with E-state index in [1.54, 1.807) is 0 Å². The third-order valence-corrected chi connectivity index (χ3v) is 2.99. The molecule has 0 heterocycles. The van der Waals surface area contributed by atoms with E-state index >= 15 is 0 Å². The van der Waals surface area contributed by atoms with Gasteiger partial charge in [0.25, 0.3) is 0 Å². The summed E-state index contributed by atoms with van der Waals surface area (Å²) in [6.07, 6.45) is 1.26. The zero-order chi connectivity index (χ0) is 4.99. The second-order valence-corrected chi connectivity index (χ2v) is 8.64. The predicted molar refractivity (Wildman–Crippen MR) is 43.5 cm³/mol. The molecule has 0 amide bonds. The maximum atomic E-state index is 4.19. The van der Waals surface area contributed by atoms with Crippen LogP contribution in [0.15, 0.2) is 0 Å². The van der Waals surface area contributed by atoms with Gasteiger partial charge < -0.3 is 0 Å². The summed E-state index contributed by atoms with van der Waals surface area (Å²) in [5.41, 5.74) is 0. The van der Waals surface area contributed by atoms with Crippen molar-refractivity contribution in [2.45, 2.75) is 13.3 Å². The van der Waals surface area contributed by atoms with Gasteiger partial charge in [-0.3, -0.25) is 0 Å². The number of rotatable bonds is 1. The van der Waals surface area contributed by atoms with Crippen molar-refractivity contribution in [1.29, 1.82) is 0 Å². The van der Waals surface area contributed by atoms with Crippen molar-refractivity contribution in [3.8, 4) is 0 Å². The van der Waals surface area contributed by atoms with Crippen LogP contribution in [0.2, 0.25) is 0 Å². The van der Waals surface area contributed by atoms with Gasteiger partial charge in [-0.15, -0.1) is 0 Å². The van der Waals surface area contributed by atoms with Crippen molar-refractivity contribution in [2.75, 3.05) is 5.75 Å². The van der Waals surface area contributed by atoms with Crippen molar-refractivity contribution in [3.63, 3.8) is 0 Å². The molecule has 0 bridgehead atoms. The molecule has 0 aliphatic carbocycles. The molecule has 0 atom stereocenters. The standard InChI is InChI=1S/C3H7IPS/c1-2-3-6(4)5/h2-3H2,1H3/q-1. The van der Waals surface area contributed by atoms with Gasteiger partial charge in [-0.05, 0) is 0 Å². The molecule has 0 nitrogen and oxygen atoms in total. The van der Waals surface area contributed by atoms with Crippen LogP contribution in [0.5, 0.6) is 0 Å². The normalized spacial score (nSPS) is 9.67. The first-order valence-corrected chi connectivity index (χ1v) is 6.82. The fraction of sp³-hybridized carbons (Fsp3) is 1.00. The summed E-state index contributed by atoms with van der Waals surface area (Å²) in [6.45, 7) is 2.18. The fourth-order valence-electron chi connectivity index (χ4n) is 0.168. The molecule has 0 aromatic carbocycles. The van der Waals surface area contributed by atoms with Crippen LogP contribution in [0.25, 0.3) is 0 Å². The summed E-state index contributed by atoms with van der Waals surface area (Å²) in [7, 11) is 4.54. The van der Waals surface area contributed by atoms with Crippen LogP contribution in [-0.4, -0.2) is 5.75 Å². The van der Waals surface area contributed by atoms with E-state index in [1.165, 1.54) is 12.2 Å². The zero-order valence-electron chi connectivity index (χ0n) is 3.65. The Kier molecular flexibility index (Phi) is 5.84. The van der Waals surface area contributed by atoms with Gasteiger partial charge in [0.05, 0.1) is 0 Å². The second-order valence-electron chi connectivity index (χ2n) is 1.01. The summed E-state index contributed by atoms with van der Waals surface area (Å²) in [5, 5.41) is 0. The van der Waals surface area contributed by atoms with Crippen molar-refractivity contribution in [2.24, 2.45) is 0 Å². The van der Waals surface area contributed by atoms with Crippen LogP contribution in [0.1, 0.15) is 13.3 Å². The molecule has 0 aliphatic rings. The van der Waals surface area contributed by atoms with E-state index in [1.807, 2.05) is 0 Å². The van der Waals surface area contributed by atoms with Crippen molar-refractivity contribution >= 4 is 36.1 Å². The molecule has 38 valence electrons. The third-order valence-electron chi connectivity index (χ3n) is 0.373. The van der Waals surface area contributed by atoms with Crippen LogP contribution in [0.4, 0.5) is 0 Å². The molecule has 0 aromatic heterocycles.